The Bertz CT molecular complexity index is 1380. The van der Waals surface area contributed by atoms with Crippen LogP contribution in [0, 0.1) is 24.6 Å². The van der Waals surface area contributed by atoms with Gasteiger partial charge >= 0.3 is 0 Å². The molecule has 9 nitrogen and oxygen atoms in total. The second-order valence-electron chi connectivity index (χ2n) is 8.29. The van der Waals surface area contributed by atoms with Crippen molar-refractivity contribution in [2.75, 3.05) is 30.0 Å². The van der Waals surface area contributed by atoms with E-state index in [1.165, 1.54) is 18.2 Å². The van der Waals surface area contributed by atoms with E-state index >= 15 is 0 Å². The van der Waals surface area contributed by atoms with E-state index in [0.29, 0.717) is 16.5 Å². The van der Waals surface area contributed by atoms with Gasteiger partial charge in [-0.1, -0.05) is 11.6 Å². The summed E-state index contributed by atoms with van der Waals surface area (Å²) in [5.74, 6) is -2.99. The predicted octanol–water partition coefficient (Wildman–Crippen LogP) is 3.06. The predicted molar refractivity (Wildman–Crippen MR) is 130 cm³/mol. The molecule has 35 heavy (non-hydrogen) atoms. The number of hydrogen-bond acceptors (Lipinski definition) is 5. The van der Waals surface area contributed by atoms with Crippen LogP contribution in [-0.2, 0) is 19.6 Å². The quantitative estimate of drug-likeness (QED) is 0.519. The van der Waals surface area contributed by atoms with Crippen LogP contribution in [0.3, 0.4) is 0 Å². The molecule has 2 heterocycles. The van der Waals surface area contributed by atoms with E-state index in [1.807, 2.05) is 0 Å². The first-order valence-electron chi connectivity index (χ1n) is 10.6. The summed E-state index contributed by atoms with van der Waals surface area (Å²) < 4.78 is 41.7. The Morgan fingerprint density at radius 1 is 1.03 bits per heavy atom. The van der Waals surface area contributed by atoms with Crippen LogP contribution in [0.2, 0.25) is 5.02 Å². The standard InChI is InChI=1S/C23H23ClFN5O4S/c1-14-26-9-10-30(14)21-8-7-17(11-20(21)25)28-23(32)19-13-29(35(2,33)34)12-18(19)22(31)27-16-5-3-15(24)4-6-16/h3-11,18-19H,12-13H2,1-2H3,(H,27,31)(H,28,32)/t18-,19-/m0/s1. The van der Waals surface area contributed by atoms with Crippen LogP contribution in [0.4, 0.5) is 15.8 Å². The summed E-state index contributed by atoms with van der Waals surface area (Å²) in [5.41, 5.74) is 0.912. The van der Waals surface area contributed by atoms with Gasteiger partial charge in [-0.3, -0.25) is 9.59 Å². The van der Waals surface area contributed by atoms with E-state index < -0.39 is 39.5 Å². The maximum Gasteiger partial charge on any atom is 0.229 e. The molecular weight excluding hydrogens is 497 g/mol. The van der Waals surface area contributed by atoms with Gasteiger partial charge in [0.1, 0.15) is 11.6 Å². The molecule has 1 aliphatic heterocycles. The van der Waals surface area contributed by atoms with Crippen LogP contribution < -0.4 is 10.6 Å². The lowest BCUT2D eigenvalue weighted by Crippen LogP contribution is -2.35. The molecule has 12 heteroatoms. The number of carbonyl (C=O) groups excluding carboxylic acids is 2. The zero-order chi connectivity index (χ0) is 25.3. The summed E-state index contributed by atoms with van der Waals surface area (Å²) in [6, 6.07) is 10.6. The minimum absolute atomic E-state index is 0.149. The van der Waals surface area contributed by atoms with E-state index in [2.05, 4.69) is 15.6 Å². The van der Waals surface area contributed by atoms with Crippen LogP contribution in [0.1, 0.15) is 5.82 Å². The fourth-order valence-electron chi connectivity index (χ4n) is 3.99. The molecule has 0 saturated carbocycles. The number of sulfonamides is 1. The Balaban J connectivity index is 1.53. The molecule has 1 fully saturated rings. The number of anilines is 2. The molecule has 4 rings (SSSR count). The number of nitrogens with one attached hydrogen (secondary N) is 2. The molecule has 0 unspecified atom stereocenters. The Kier molecular flexibility index (Phi) is 6.93. The summed E-state index contributed by atoms with van der Waals surface area (Å²) in [4.78, 5) is 30.2. The van der Waals surface area contributed by atoms with Gasteiger partial charge in [-0.25, -0.2) is 22.1 Å². The van der Waals surface area contributed by atoms with Crippen molar-refractivity contribution in [3.63, 3.8) is 0 Å². The average molecular weight is 520 g/mol. The monoisotopic (exact) mass is 519 g/mol. The van der Waals surface area contributed by atoms with Gasteiger partial charge in [0, 0.05) is 41.9 Å². The number of hydrogen-bond donors (Lipinski definition) is 2. The summed E-state index contributed by atoms with van der Waals surface area (Å²) in [7, 11) is -3.64. The van der Waals surface area contributed by atoms with Crippen molar-refractivity contribution in [2.24, 2.45) is 11.8 Å². The second kappa shape index (κ2) is 9.76. The number of amides is 2. The van der Waals surface area contributed by atoms with Gasteiger partial charge in [-0.15, -0.1) is 0 Å². The fourth-order valence-corrected chi connectivity index (χ4v) is 4.97. The van der Waals surface area contributed by atoms with E-state index in [4.69, 9.17) is 11.6 Å². The molecule has 2 N–H and O–H groups in total. The highest BCUT2D eigenvalue weighted by Gasteiger charge is 2.44. The maximum absolute atomic E-state index is 14.8. The molecule has 0 radical (unpaired) electrons. The average Bonchev–Trinajstić information content (AvgIpc) is 3.42. The van der Waals surface area contributed by atoms with Gasteiger partial charge < -0.3 is 15.2 Å². The van der Waals surface area contributed by atoms with Gasteiger partial charge in [-0.05, 0) is 49.4 Å². The third kappa shape index (κ3) is 5.53. The Hall–Kier alpha value is -3.28. The number of aryl methyl sites for hydroxylation is 1. The Labute approximate surface area is 207 Å². The topological polar surface area (TPSA) is 113 Å². The first-order chi connectivity index (χ1) is 16.5. The van der Waals surface area contributed by atoms with E-state index in [1.54, 1.807) is 48.1 Å². The van der Waals surface area contributed by atoms with Crippen molar-refractivity contribution in [3.8, 4) is 5.69 Å². The normalized spacial score (nSPS) is 18.4. The molecule has 2 amide bonds. The number of rotatable bonds is 6. The number of halogens is 2. The lowest BCUT2D eigenvalue weighted by molar-refractivity contribution is -0.127. The van der Waals surface area contributed by atoms with Crippen LogP contribution in [0.5, 0.6) is 0 Å². The molecular formula is C23H23ClFN5O4S. The minimum Gasteiger partial charge on any atom is -0.326 e. The van der Waals surface area contributed by atoms with Gasteiger partial charge in [0.25, 0.3) is 0 Å². The molecule has 0 aliphatic carbocycles. The second-order valence-corrected chi connectivity index (χ2v) is 10.7. The summed E-state index contributed by atoms with van der Waals surface area (Å²) in [6.45, 7) is 1.42. The molecule has 1 aliphatic rings. The number of benzene rings is 2. The summed E-state index contributed by atoms with van der Waals surface area (Å²) in [5, 5.41) is 5.81. The van der Waals surface area contributed by atoms with E-state index in [9.17, 15) is 22.4 Å². The minimum atomic E-state index is -3.64. The number of imidazole rings is 1. The Morgan fingerprint density at radius 3 is 2.11 bits per heavy atom. The molecule has 1 aromatic heterocycles. The summed E-state index contributed by atoms with van der Waals surface area (Å²) >= 11 is 5.87. The van der Waals surface area contributed by atoms with Crippen LogP contribution in [0.25, 0.3) is 5.69 Å². The zero-order valence-corrected chi connectivity index (χ0v) is 20.5. The third-order valence-electron chi connectivity index (χ3n) is 5.84. The zero-order valence-electron chi connectivity index (χ0n) is 18.9. The maximum atomic E-state index is 14.8. The van der Waals surface area contributed by atoms with Crippen LogP contribution >= 0.6 is 11.6 Å². The molecule has 3 aromatic rings. The van der Waals surface area contributed by atoms with Gasteiger partial charge in [-0.2, -0.15) is 0 Å². The van der Waals surface area contributed by atoms with Gasteiger partial charge in [0.2, 0.25) is 21.8 Å². The fraction of sp³-hybridized carbons (Fsp3) is 0.261. The van der Waals surface area contributed by atoms with Crippen molar-refractivity contribution >= 4 is 44.8 Å². The van der Waals surface area contributed by atoms with Crippen molar-refractivity contribution < 1.29 is 22.4 Å². The largest absolute Gasteiger partial charge is 0.326 e. The third-order valence-corrected chi connectivity index (χ3v) is 7.33. The highest BCUT2D eigenvalue weighted by Crippen LogP contribution is 2.29. The molecule has 1 saturated heterocycles. The lowest BCUT2D eigenvalue weighted by atomic mass is 9.94. The smallest absolute Gasteiger partial charge is 0.229 e. The van der Waals surface area contributed by atoms with E-state index in [0.717, 1.165) is 10.6 Å². The van der Waals surface area contributed by atoms with Crippen molar-refractivity contribution in [2.45, 2.75) is 6.92 Å². The molecule has 0 bridgehead atoms. The molecule has 2 aromatic carbocycles. The Morgan fingerprint density at radius 2 is 1.60 bits per heavy atom. The van der Waals surface area contributed by atoms with Crippen molar-refractivity contribution in [1.82, 2.24) is 13.9 Å². The van der Waals surface area contributed by atoms with Gasteiger partial charge in [0.15, 0.2) is 0 Å². The molecule has 2 atom stereocenters. The van der Waals surface area contributed by atoms with Crippen molar-refractivity contribution in [1.29, 1.82) is 0 Å². The van der Waals surface area contributed by atoms with E-state index in [-0.39, 0.29) is 24.5 Å². The van der Waals surface area contributed by atoms with Crippen LogP contribution in [0.15, 0.2) is 54.9 Å². The first kappa shape index (κ1) is 24.8. The van der Waals surface area contributed by atoms with Gasteiger partial charge in [0.05, 0.1) is 23.8 Å². The number of nitrogens with zero attached hydrogens (tertiary/aromatic N) is 3. The molecule has 0 spiro atoms. The number of carbonyl (C=O) groups is 2. The lowest BCUT2D eigenvalue weighted by Gasteiger charge is -2.18. The molecule has 184 valence electrons. The van der Waals surface area contributed by atoms with Crippen LogP contribution in [-0.4, -0.2) is 53.4 Å². The highest BCUT2D eigenvalue weighted by molar-refractivity contribution is 7.88. The highest BCUT2D eigenvalue weighted by atomic mass is 35.5. The van der Waals surface area contributed by atoms with Crippen molar-refractivity contribution in [3.05, 3.63) is 71.5 Å². The summed E-state index contributed by atoms with van der Waals surface area (Å²) in [6.07, 6.45) is 4.19. The first-order valence-corrected chi connectivity index (χ1v) is 12.9. The SMILES string of the molecule is Cc1nccn1-c1ccc(NC(=O)[C@H]2CN(S(C)(=O)=O)C[C@@H]2C(=O)Nc2ccc(Cl)cc2)cc1F. The number of aromatic nitrogens is 2.